The molecule has 0 unspecified atom stereocenters. The number of benzene rings is 2. The molecule has 3 rings (SSSR count). The van der Waals surface area contributed by atoms with Crippen LogP contribution < -0.4 is 15.1 Å². The minimum absolute atomic E-state index is 0.0971. The maximum absolute atomic E-state index is 12.2. The monoisotopic (exact) mass is 376 g/mol. The van der Waals surface area contributed by atoms with Gasteiger partial charge in [0, 0.05) is 50.0 Å². The Labute approximate surface area is 165 Å². The molecule has 2 amide bonds. The van der Waals surface area contributed by atoms with Gasteiger partial charge in [0.15, 0.2) is 0 Å². The molecular weight excluding hydrogens is 352 g/mol. The highest BCUT2D eigenvalue weighted by Gasteiger charge is 2.16. The predicted molar refractivity (Wildman–Crippen MR) is 110 cm³/mol. The molecule has 0 saturated carbocycles. The van der Waals surface area contributed by atoms with Gasteiger partial charge in [0.05, 0.1) is 11.6 Å². The maximum Gasteiger partial charge on any atom is 0.226 e. The van der Waals surface area contributed by atoms with Gasteiger partial charge in [-0.25, -0.2) is 0 Å². The Balaban J connectivity index is 1.58. The molecule has 6 heteroatoms. The molecule has 1 saturated heterocycles. The summed E-state index contributed by atoms with van der Waals surface area (Å²) in [6, 6.07) is 16.7. The Morgan fingerprint density at radius 2 is 1.71 bits per heavy atom. The van der Waals surface area contributed by atoms with Crippen LogP contribution in [0.1, 0.15) is 31.7 Å². The van der Waals surface area contributed by atoms with Crippen molar-refractivity contribution >= 4 is 28.9 Å². The Morgan fingerprint density at radius 1 is 1.07 bits per heavy atom. The third-order valence-electron chi connectivity index (χ3n) is 4.87. The Kier molecular flexibility index (Phi) is 6.28. The quantitative estimate of drug-likeness (QED) is 0.837. The molecule has 1 aliphatic heterocycles. The Bertz CT molecular complexity index is 863. The number of amides is 2. The van der Waals surface area contributed by atoms with Crippen molar-refractivity contribution in [2.24, 2.45) is 0 Å². The van der Waals surface area contributed by atoms with Crippen molar-refractivity contribution in [1.29, 1.82) is 5.26 Å². The van der Waals surface area contributed by atoms with Crippen molar-refractivity contribution < 1.29 is 9.59 Å². The van der Waals surface area contributed by atoms with Gasteiger partial charge in [-0.2, -0.15) is 5.26 Å². The zero-order valence-electron chi connectivity index (χ0n) is 16.0. The van der Waals surface area contributed by atoms with E-state index in [-0.39, 0.29) is 18.2 Å². The fourth-order valence-corrected chi connectivity index (χ4v) is 3.35. The summed E-state index contributed by atoms with van der Waals surface area (Å²) in [5.41, 5.74) is 3.14. The van der Waals surface area contributed by atoms with Crippen LogP contribution >= 0.6 is 0 Å². The molecule has 0 aromatic heterocycles. The molecule has 0 radical (unpaired) electrons. The van der Waals surface area contributed by atoms with E-state index in [1.54, 1.807) is 29.2 Å². The van der Waals surface area contributed by atoms with Crippen LogP contribution in [0.5, 0.6) is 0 Å². The van der Waals surface area contributed by atoms with Crippen LogP contribution in [0.3, 0.4) is 0 Å². The standard InChI is InChI=1S/C22H24N4O2/c1-17(27)26(21-10-8-20(9-11-21)25-13-2-3-14-25)15-12-22(28)24-19-6-4-18(16-23)5-7-19/h4-11H,2-3,12-15H2,1H3,(H,24,28). The second-order valence-electron chi connectivity index (χ2n) is 6.87. The fourth-order valence-electron chi connectivity index (χ4n) is 3.35. The third-order valence-corrected chi connectivity index (χ3v) is 4.87. The SMILES string of the molecule is CC(=O)N(CCC(=O)Nc1ccc(C#N)cc1)c1ccc(N2CCCC2)cc1. The summed E-state index contributed by atoms with van der Waals surface area (Å²) in [6.45, 7) is 3.96. The van der Waals surface area contributed by atoms with Crippen LogP contribution in [0.15, 0.2) is 48.5 Å². The van der Waals surface area contributed by atoms with Crippen LogP contribution in [0.2, 0.25) is 0 Å². The number of hydrogen-bond donors (Lipinski definition) is 1. The number of nitrogens with zero attached hydrogens (tertiary/aromatic N) is 3. The van der Waals surface area contributed by atoms with Gasteiger partial charge in [-0.15, -0.1) is 0 Å². The molecule has 6 nitrogen and oxygen atoms in total. The van der Waals surface area contributed by atoms with Gasteiger partial charge in [-0.05, 0) is 61.4 Å². The number of rotatable bonds is 6. The lowest BCUT2D eigenvalue weighted by Gasteiger charge is -2.23. The first-order valence-corrected chi connectivity index (χ1v) is 9.50. The van der Waals surface area contributed by atoms with Crippen molar-refractivity contribution in [1.82, 2.24) is 0 Å². The normalized spacial score (nSPS) is 13.1. The van der Waals surface area contributed by atoms with Crippen LogP contribution in [0.25, 0.3) is 0 Å². The van der Waals surface area contributed by atoms with Crippen molar-refractivity contribution in [2.45, 2.75) is 26.2 Å². The van der Waals surface area contributed by atoms with E-state index < -0.39 is 0 Å². The first-order chi connectivity index (χ1) is 13.6. The van der Waals surface area contributed by atoms with Gasteiger partial charge in [-0.1, -0.05) is 0 Å². The zero-order valence-corrected chi connectivity index (χ0v) is 16.0. The zero-order chi connectivity index (χ0) is 19.9. The van der Waals surface area contributed by atoms with E-state index in [0.29, 0.717) is 17.8 Å². The summed E-state index contributed by atoms with van der Waals surface area (Å²) in [7, 11) is 0. The second-order valence-corrected chi connectivity index (χ2v) is 6.87. The average Bonchev–Trinajstić information content (AvgIpc) is 3.24. The highest BCUT2D eigenvalue weighted by Crippen LogP contribution is 2.24. The molecule has 144 valence electrons. The summed E-state index contributed by atoms with van der Waals surface area (Å²) in [5, 5.41) is 11.6. The number of anilines is 3. The van der Waals surface area contributed by atoms with Crippen molar-refractivity contribution in [2.75, 3.05) is 34.8 Å². The molecule has 0 atom stereocenters. The van der Waals surface area contributed by atoms with Crippen LogP contribution in [-0.2, 0) is 9.59 Å². The smallest absolute Gasteiger partial charge is 0.226 e. The second kappa shape index (κ2) is 9.05. The molecule has 1 heterocycles. The molecule has 1 fully saturated rings. The van der Waals surface area contributed by atoms with E-state index in [1.807, 2.05) is 30.3 Å². The van der Waals surface area contributed by atoms with Gasteiger partial charge in [0.1, 0.15) is 0 Å². The van der Waals surface area contributed by atoms with E-state index in [1.165, 1.54) is 25.5 Å². The number of carbonyl (C=O) groups is 2. The lowest BCUT2D eigenvalue weighted by Crippen LogP contribution is -2.32. The average molecular weight is 376 g/mol. The molecule has 1 aliphatic rings. The Hall–Kier alpha value is -3.33. The number of hydrogen-bond acceptors (Lipinski definition) is 4. The van der Waals surface area contributed by atoms with Gasteiger partial charge in [0.2, 0.25) is 11.8 Å². The fraction of sp³-hybridized carbons (Fsp3) is 0.318. The predicted octanol–water partition coefficient (Wildman–Crippen LogP) is 3.54. The number of carbonyl (C=O) groups excluding carboxylic acids is 2. The highest BCUT2D eigenvalue weighted by molar-refractivity contribution is 5.95. The molecule has 2 aromatic rings. The maximum atomic E-state index is 12.2. The van der Waals surface area contributed by atoms with Gasteiger partial charge in [0.25, 0.3) is 0 Å². The summed E-state index contributed by atoms with van der Waals surface area (Å²) < 4.78 is 0. The van der Waals surface area contributed by atoms with E-state index in [2.05, 4.69) is 10.2 Å². The number of nitriles is 1. The summed E-state index contributed by atoms with van der Waals surface area (Å²) >= 11 is 0. The summed E-state index contributed by atoms with van der Waals surface area (Å²) in [5.74, 6) is -0.273. The molecule has 28 heavy (non-hydrogen) atoms. The van der Waals surface area contributed by atoms with E-state index in [9.17, 15) is 9.59 Å². The van der Waals surface area contributed by atoms with Crippen molar-refractivity contribution in [3.05, 3.63) is 54.1 Å². The molecule has 0 bridgehead atoms. The minimum Gasteiger partial charge on any atom is -0.372 e. The minimum atomic E-state index is -0.176. The topological polar surface area (TPSA) is 76.4 Å². The molecule has 1 N–H and O–H groups in total. The number of nitrogens with one attached hydrogen (secondary N) is 1. The van der Waals surface area contributed by atoms with E-state index >= 15 is 0 Å². The third kappa shape index (κ3) is 4.89. The highest BCUT2D eigenvalue weighted by atomic mass is 16.2. The lowest BCUT2D eigenvalue weighted by molar-refractivity contribution is -0.117. The lowest BCUT2D eigenvalue weighted by atomic mass is 10.2. The molecule has 0 spiro atoms. The van der Waals surface area contributed by atoms with Crippen LogP contribution in [-0.4, -0.2) is 31.4 Å². The Morgan fingerprint density at radius 3 is 2.29 bits per heavy atom. The molecule has 0 aliphatic carbocycles. The largest absolute Gasteiger partial charge is 0.372 e. The van der Waals surface area contributed by atoms with Crippen LogP contribution in [0, 0.1) is 11.3 Å². The summed E-state index contributed by atoms with van der Waals surface area (Å²) in [4.78, 5) is 28.3. The van der Waals surface area contributed by atoms with Gasteiger partial charge < -0.3 is 15.1 Å². The van der Waals surface area contributed by atoms with E-state index in [4.69, 9.17) is 5.26 Å². The van der Waals surface area contributed by atoms with Gasteiger partial charge >= 0.3 is 0 Å². The van der Waals surface area contributed by atoms with Crippen molar-refractivity contribution in [3.8, 4) is 6.07 Å². The molecular formula is C22H24N4O2. The van der Waals surface area contributed by atoms with Crippen molar-refractivity contribution in [3.63, 3.8) is 0 Å². The summed E-state index contributed by atoms with van der Waals surface area (Å²) in [6.07, 6.45) is 2.62. The first kappa shape index (κ1) is 19.4. The van der Waals surface area contributed by atoms with Crippen LogP contribution in [0.4, 0.5) is 17.1 Å². The first-order valence-electron chi connectivity index (χ1n) is 9.50. The van der Waals surface area contributed by atoms with Gasteiger partial charge in [-0.3, -0.25) is 9.59 Å². The molecule has 2 aromatic carbocycles. The van der Waals surface area contributed by atoms with E-state index in [0.717, 1.165) is 18.8 Å².